The van der Waals surface area contributed by atoms with Crippen LogP contribution in [-0.2, 0) is 20.8 Å². The molecule has 11 heteroatoms. The lowest BCUT2D eigenvalue weighted by atomic mass is 9.89. The van der Waals surface area contributed by atoms with Crippen molar-refractivity contribution in [3.05, 3.63) is 42.0 Å². The van der Waals surface area contributed by atoms with Crippen LogP contribution >= 0.6 is 47.1 Å². The highest BCUT2D eigenvalue weighted by molar-refractivity contribution is 6.49. The van der Waals surface area contributed by atoms with Crippen LogP contribution in [0.5, 0.6) is 0 Å². The molecule has 0 bridgehead atoms. The van der Waals surface area contributed by atoms with Gasteiger partial charge >= 0.3 is 0 Å². The molecule has 1 aliphatic rings. The van der Waals surface area contributed by atoms with E-state index >= 15 is 0 Å². The maximum Gasteiger partial charge on any atom is 0.220 e. The Morgan fingerprint density at radius 3 is 2.31 bits per heavy atom. The van der Waals surface area contributed by atoms with Crippen molar-refractivity contribution < 1.29 is 14.4 Å². The SMILES string of the molecule is O=C[C@H](CCNC(=O)CCCC1C=CC(N(Cl)Cl)CC1)NC(=O)CCCc1ccc(N(Cl)Cl)cc1. The number of anilines is 1. The molecule has 2 amide bonds. The Hall–Kier alpha value is -1.51. The molecule has 1 aliphatic carbocycles. The molecule has 0 spiro atoms. The normalized spacial score (nSPS) is 18.2. The molecule has 0 radical (unpaired) electrons. The Labute approximate surface area is 227 Å². The van der Waals surface area contributed by atoms with Gasteiger partial charge in [0.15, 0.2) is 0 Å². The molecule has 7 nitrogen and oxygen atoms in total. The van der Waals surface area contributed by atoms with Gasteiger partial charge in [-0.15, -0.1) is 3.94 Å². The number of hydrogen-bond donors (Lipinski definition) is 2. The van der Waals surface area contributed by atoms with Gasteiger partial charge in [-0.2, -0.15) is 3.94 Å². The summed E-state index contributed by atoms with van der Waals surface area (Å²) in [6, 6.07) is 6.83. The van der Waals surface area contributed by atoms with Gasteiger partial charge in [-0.3, -0.25) is 9.59 Å². The van der Waals surface area contributed by atoms with Gasteiger partial charge in [0.25, 0.3) is 0 Å². The van der Waals surface area contributed by atoms with Gasteiger partial charge < -0.3 is 15.4 Å². The summed E-state index contributed by atoms with van der Waals surface area (Å²) in [4.78, 5) is 35.6. The summed E-state index contributed by atoms with van der Waals surface area (Å²) >= 11 is 22.8. The lowest BCUT2D eigenvalue weighted by Gasteiger charge is -2.24. The first-order valence-corrected chi connectivity index (χ1v) is 13.1. The average molecular weight is 566 g/mol. The Morgan fingerprint density at radius 2 is 1.71 bits per heavy atom. The Morgan fingerprint density at radius 1 is 1.00 bits per heavy atom. The average Bonchev–Trinajstić information content (AvgIpc) is 2.84. The number of amides is 2. The minimum Gasteiger partial charge on any atom is -0.356 e. The van der Waals surface area contributed by atoms with E-state index < -0.39 is 6.04 Å². The minimum atomic E-state index is -0.621. The zero-order valence-electron chi connectivity index (χ0n) is 19.5. The third-order valence-corrected chi connectivity index (χ3v) is 6.85. The molecular weight excluding hydrogens is 534 g/mol. The van der Waals surface area contributed by atoms with Gasteiger partial charge in [0.1, 0.15) is 6.29 Å². The van der Waals surface area contributed by atoms with Gasteiger partial charge in [0, 0.05) is 42.9 Å². The highest BCUT2D eigenvalue weighted by atomic mass is 35.5. The molecule has 2 rings (SSSR count). The van der Waals surface area contributed by atoms with Gasteiger partial charge in [-0.05, 0) is 92.1 Å². The summed E-state index contributed by atoms with van der Waals surface area (Å²) in [6.45, 7) is 0.333. The summed E-state index contributed by atoms with van der Waals surface area (Å²) in [5.74, 6) is 0.193. The quantitative estimate of drug-likeness (QED) is 0.168. The molecule has 0 saturated carbocycles. The maximum absolute atomic E-state index is 12.2. The van der Waals surface area contributed by atoms with E-state index in [1.807, 2.05) is 18.2 Å². The highest BCUT2D eigenvalue weighted by Gasteiger charge is 2.19. The summed E-state index contributed by atoms with van der Waals surface area (Å²) in [5.41, 5.74) is 1.73. The molecule has 0 aromatic heterocycles. The van der Waals surface area contributed by atoms with Crippen molar-refractivity contribution >= 4 is 70.9 Å². The van der Waals surface area contributed by atoms with Crippen molar-refractivity contribution in [3.8, 4) is 0 Å². The largest absolute Gasteiger partial charge is 0.356 e. The Balaban J connectivity index is 1.56. The van der Waals surface area contributed by atoms with Crippen molar-refractivity contribution in [1.29, 1.82) is 0 Å². The van der Waals surface area contributed by atoms with Gasteiger partial charge in [0.2, 0.25) is 11.8 Å². The van der Waals surface area contributed by atoms with Crippen LogP contribution in [0.3, 0.4) is 0 Å². The number of aryl methyl sites for hydroxylation is 1. The summed E-state index contributed by atoms with van der Waals surface area (Å²) in [7, 11) is 0. The molecule has 35 heavy (non-hydrogen) atoms. The molecule has 0 aliphatic heterocycles. The molecule has 2 unspecified atom stereocenters. The van der Waals surface area contributed by atoms with Crippen LogP contribution in [0, 0.1) is 5.92 Å². The number of halogens is 4. The van der Waals surface area contributed by atoms with E-state index in [2.05, 4.69) is 16.7 Å². The van der Waals surface area contributed by atoms with Crippen molar-refractivity contribution in [2.24, 2.45) is 5.92 Å². The van der Waals surface area contributed by atoms with Crippen molar-refractivity contribution in [1.82, 2.24) is 14.6 Å². The van der Waals surface area contributed by atoms with E-state index in [-0.39, 0.29) is 17.9 Å². The fourth-order valence-corrected chi connectivity index (χ4v) is 4.48. The molecular formula is C24H32Cl4N4O3. The summed E-state index contributed by atoms with van der Waals surface area (Å²) in [5, 5.41) is 5.55. The summed E-state index contributed by atoms with van der Waals surface area (Å²) < 4.78 is 2.16. The Kier molecular flexibility index (Phi) is 13.8. The number of nitrogens with one attached hydrogen (secondary N) is 2. The summed E-state index contributed by atoms with van der Waals surface area (Å²) in [6.07, 6.45) is 10.9. The van der Waals surface area contributed by atoms with E-state index in [9.17, 15) is 14.4 Å². The topological polar surface area (TPSA) is 81.8 Å². The van der Waals surface area contributed by atoms with E-state index in [4.69, 9.17) is 47.1 Å². The second kappa shape index (κ2) is 16.3. The zero-order valence-corrected chi connectivity index (χ0v) is 22.5. The number of benzene rings is 1. The number of nitrogens with zero attached hydrogens (tertiary/aromatic N) is 2. The van der Waals surface area contributed by atoms with Crippen LogP contribution < -0.4 is 14.6 Å². The predicted molar refractivity (Wildman–Crippen MR) is 142 cm³/mol. The number of rotatable bonds is 15. The molecule has 0 saturated heterocycles. The second-order valence-corrected chi connectivity index (χ2v) is 10.4. The molecule has 1 aromatic rings. The van der Waals surface area contributed by atoms with Crippen molar-refractivity contribution in [2.45, 2.75) is 69.9 Å². The third kappa shape index (κ3) is 11.8. The fraction of sp³-hybridized carbons (Fsp3) is 0.542. The third-order valence-electron chi connectivity index (χ3n) is 5.96. The van der Waals surface area contributed by atoms with Crippen LogP contribution in [-0.4, -0.2) is 40.7 Å². The molecule has 3 atom stereocenters. The zero-order chi connectivity index (χ0) is 25.6. The number of carbonyl (C=O) groups is 3. The van der Waals surface area contributed by atoms with Crippen LogP contribution in [0.25, 0.3) is 0 Å². The van der Waals surface area contributed by atoms with E-state index in [1.165, 1.54) is 3.94 Å². The first-order valence-electron chi connectivity index (χ1n) is 11.8. The van der Waals surface area contributed by atoms with Gasteiger partial charge in [-0.1, -0.05) is 24.3 Å². The molecule has 194 valence electrons. The van der Waals surface area contributed by atoms with Gasteiger partial charge in [0.05, 0.1) is 17.8 Å². The minimum absolute atomic E-state index is 0.0518. The van der Waals surface area contributed by atoms with Crippen molar-refractivity contribution in [3.63, 3.8) is 0 Å². The smallest absolute Gasteiger partial charge is 0.220 e. The molecule has 1 aromatic carbocycles. The monoisotopic (exact) mass is 564 g/mol. The molecule has 2 N–H and O–H groups in total. The first-order chi connectivity index (χ1) is 16.8. The van der Waals surface area contributed by atoms with E-state index in [0.29, 0.717) is 50.1 Å². The number of hydrogen-bond acceptors (Lipinski definition) is 5. The lowest BCUT2D eigenvalue weighted by molar-refractivity contribution is -0.124. The van der Waals surface area contributed by atoms with E-state index in [0.717, 1.165) is 41.6 Å². The van der Waals surface area contributed by atoms with Crippen LogP contribution in [0.4, 0.5) is 5.69 Å². The Bertz CT molecular complexity index is 837. The maximum atomic E-state index is 12.2. The van der Waals surface area contributed by atoms with E-state index in [1.54, 1.807) is 12.1 Å². The fourth-order valence-electron chi connectivity index (χ4n) is 3.93. The molecule has 0 fully saturated rings. The highest BCUT2D eigenvalue weighted by Crippen LogP contribution is 2.27. The van der Waals surface area contributed by atoms with Crippen molar-refractivity contribution in [2.75, 3.05) is 10.5 Å². The first kappa shape index (κ1) is 29.7. The second-order valence-electron chi connectivity index (χ2n) is 8.64. The number of allylic oxidation sites excluding steroid dienone is 1. The molecule has 0 heterocycles. The number of aldehydes is 1. The lowest BCUT2D eigenvalue weighted by Crippen LogP contribution is -2.38. The van der Waals surface area contributed by atoms with Crippen LogP contribution in [0.2, 0.25) is 0 Å². The van der Waals surface area contributed by atoms with Crippen LogP contribution in [0.15, 0.2) is 36.4 Å². The standard InChI is InChI=1S/C24H32Cl4N4O3/c25-31(26)21-11-7-18(8-12-21)3-1-5-23(34)29-16-15-20(17-33)30-24(35)6-2-4-19-9-13-22(14-10-19)32(27)28/h7,9-11,13-14,17-18,20-21H,1-6,8,12,15-16H2,(H,29,34)(H,30,35)/t18?,20-,21?/m0/s1. The number of carbonyl (C=O) groups excluding carboxylic acids is 3. The van der Waals surface area contributed by atoms with Crippen LogP contribution in [0.1, 0.15) is 56.9 Å². The van der Waals surface area contributed by atoms with Gasteiger partial charge in [-0.25, -0.2) is 0 Å². The predicted octanol–water partition coefficient (Wildman–Crippen LogP) is 5.43.